The lowest BCUT2D eigenvalue weighted by molar-refractivity contribution is -0.936. The first-order valence-electron chi connectivity index (χ1n) is 5.92. The number of rotatable bonds is 1. The van der Waals surface area contributed by atoms with E-state index in [2.05, 4.69) is 38.4 Å². The fraction of sp³-hybridized carbons (Fsp3) is 0.571. The van der Waals surface area contributed by atoms with Gasteiger partial charge in [0.2, 0.25) is 0 Å². The molecule has 2 heteroatoms. The molecule has 0 aliphatic carbocycles. The lowest BCUT2D eigenvalue weighted by atomic mass is 9.84. The molecular weight excluding hydrogens is 198 g/mol. The number of benzene rings is 1. The van der Waals surface area contributed by atoms with Crippen LogP contribution in [0.25, 0.3) is 0 Å². The Hall–Kier alpha value is -0.860. The number of hydrogen-bond acceptors (Lipinski definition) is 1. The summed E-state index contributed by atoms with van der Waals surface area (Å²) in [5.74, 6) is 0. The monoisotopic (exact) mass is 220 g/mol. The summed E-state index contributed by atoms with van der Waals surface area (Å²) in [6, 6.07) is 8.85. The maximum atomic E-state index is 10.3. The predicted molar refractivity (Wildman–Crippen MR) is 66.0 cm³/mol. The standard InChI is InChI=1S/C14H22NO/c1-14(2,16)13-9-11-7-5-6-8-12(11)10-15(13,3)4/h5-8,13,16H,9-10H2,1-4H3/q+1. The fourth-order valence-electron chi connectivity index (χ4n) is 3.02. The Morgan fingerprint density at radius 3 is 2.31 bits per heavy atom. The van der Waals surface area contributed by atoms with Crippen molar-refractivity contribution in [2.75, 3.05) is 14.1 Å². The van der Waals surface area contributed by atoms with E-state index in [1.54, 1.807) is 0 Å². The molecule has 2 rings (SSSR count). The summed E-state index contributed by atoms with van der Waals surface area (Å²) in [5.41, 5.74) is 2.19. The molecule has 0 bridgehead atoms. The Bertz CT molecular complexity index is 390. The zero-order chi connectivity index (χ0) is 12.0. The van der Waals surface area contributed by atoms with Crippen LogP contribution < -0.4 is 0 Å². The molecule has 1 aliphatic heterocycles. The molecule has 1 aromatic rings. The van der Waals surface area contributed by atoms with Gasteiger partial charge in [-0.05, 0) is 19.4 Å². The van der Waals surface area contributed by atoms with Crippen LogP contribution in [-0.2, 0) is 13.0 Å². The lowest BCUT2D eigenvalue weighted by Gasteiger charge is -2.47. The molecule has 2 nitrogen and oxygen atoms in total. The fourth-order valence-corrected chi connectivity index (χ4v) is 3.02. The third kappa shape index (κ3) is 2.00. The summed E-state index contributed by atoms with van der Waals surface area (Å²) >= 11 is 0. The van der Waals surface area contributed by atoms with E-state index in [0.29, 0.717) is 0 Å². The Balaban J connectivity index is 2.40. The normalized spacial score (nSPS) is 23.9. The Kier molecular flexibility index (Phi) is 2.59. The quantitative estimate of drug-likeness (QED) is 0.717. The molecule has 16 heavy (non-hydrogen) atoms. The van der Waals surface area contributed by atoms with Crippen LogP contribution in [-0.4, -0.2) is 35.3 Å². The molecule has 1 heterocycles. The average Bonchev–Trinajstić information content (AvgIpc) is 2.13. The number of hydrogen-bond donors (Lipinski definition) is 1. The molecule has 88 valence electrons. The van der Waals surface area contributed by atoms with Crippen molar-refractivity contribution in [1.82, 2.24) is 0 Å². The second-order valence-electron chi connectivity index (χ2n) is 6.08. The number of aliphatic hydroxyl groups is 1. The second kappa shape index (κ2) is 3.57. The van der Waals surface area contributed by atoms with Gasteiger partial charge in [-0.25, -0.2) is 0 Å². The number of quaternary nitrogens is 1. The SMILES string of the molecule is CC(C)(O)C1Cc2ccccc2C[N+]1(C)C. The van der Waals surface area contributed by atoms with Gasteiger partial charge in [-0.2, -0.15) is 0 Å². The molecule has 0 radical (unpaired) electrons. The van der Waals surface area contributed by atoms with E-state index in [-0.39, 0.29) is 6.04 Å². The minimum Gasteiger partial charge on any atom is -0.384 e. The molecule has 0 fully saturated rings. The topological polar surface area (TPSA) is 20.2 Å². The van der Waals surface area contributed by atoms with Crippen LogP contribution in [0.4, 0.5) is 0 Å². The maximum Gasteiger partial charge on any atom is 0.121 e. The number of likely N-dealkylation sites (N-methyl/N-ethyl adjacent to an activating group) is 1. The second-order valence-corrected chi connectivity index (χ2v) is 6.08. The zero-order valence-electron chi connectivity index (χ0n) is 10.7. The van der Waals surface area contributed by atoms with Crippen LogP contribution in [0, 0.1) is 0 Å². The van der Waals surface area contributed by atoms with Crippen LogP contribution in [0.3, 0.4) is 0 Å². The summed E-state index contributed by atoms with van der Waals surface area (Å²) in [6.45, 7) is 4.85. The van der Waals surface area contributed by atoms with Gasteiger partial charge in [0.25, 0.3) is 0 Å². The Labute approximate surface area is 98.1 Å². The summed E-state index contributed by atoms with van der Waals surface area (Å²) in [5, 5.41) is 10.3. The van der Waals surface area contributed by atoms with Gasteiger partial charge in [-0.3, -0.25) is 0 Å². The first kappa shape index (κ1) is 11.6. The van der Waals surface area contributed by atoms with Crippen molar-refractivity contribution < 1.29 is 9.59 Å². The molecule has 1 aliphatic rings. The van der Waals surface area contributed by atoms with Gasteiger partial charge in [0.1, 0.15) is 18.2 Å². The van der Waals surface area contributed by atoms with E-state index < -0.39 is 5.60 Å². The zero-order valence-corrected chi connectivity index (χ0v) is 10.7. The third-order valence-corrected chi connectivity index (χ3v) is 3.77. The number of nitrogens with zero attached hydrogens (tertiary/aromatic N) is 1. The molecule has 0 spiro atoms. The van der Waals surface area contributed by atoms with E-state index in [1.165, 1.54) is 11.1 Å². The highest BCUT2D eigenvalue weighted by Crippen LogP contribution is 2.32. The van der Waals surface area contributed by atoms with Gasteiger partial charge >= 0.3 is 0 Å². The highest BCUT2D eigenvalue weighted by atomic mass is 16.3. The van der Waals surface area contributed by atoms with Crippen LogP contribution in [0.15, 0.2) is 24.3 Å². The molecule has 1 aromatic carbocycles. The van der Waals surface area contributed by atoms with Crippen molar-refractivity contribution in [2.24, 2.45) is 0 Å². The summed E-state index contributed by atoms with van der Waals surface area (Å²) in [4.78, 5) is 0. The summed E-state index contributed by atoms with van der Waals surface area (Å²) in [7, 11) is 4.41. The molecule has 0 saturated carbocycles. The van der Waals surface area contributed by atoms with Crippen LogP contribution in [0.1, 0.15) is 25.0 Å². The van der Waals surface area contributed by atoms with Gasteiger partial charge in [-0.1, -0.05) is 24.3 Å². The largest absolute Gasteiger partial charge is 0.384 e. The van der Waals surface area contributed by atoms with Crippen LogP contribution in [0.5, 0.6) is 0 Å². The minimum absolute atomic E-state index is 0.266. The summed E-state index contributed by atoms with van der Waals surface area (Å²) in [6.07, 6.45) is 0.965. The minimum atomic E-state index is -0.628. The van der Waals surface area contributed by atoms with Crippen molar-refractivity contribution >= 4 is 0 Å². The predicted octanol–water partition coefficient (Wildman–Crippen LogP) is 1.96. The first-order valence-corrected chi connectivity index (χ1v) is 5.92. The van der Waals surface area contributed by atoms with Crippen molar-refractivity contribution in [3.63, 3.8) is 0 Å². The van der Waals surface area contributed by atoms with Gasteiger partial charge in [-0.15, -0.1) is 0 Å². The van der Waals surface area contributed by atoms with E-state index >= 15 is 0 Å². The van der Waals surface area contributed by atoms with E-state index in [4.69, 9.17) is 0 Å². The molecule has 1 N–H and O–H groups in total. The van der Waals surface area contributed by atoms with Gasteiger partial charge < -0.3 is 9.59 Å². The third-order valence-electron chi connectivity index (χ3n) is 3.77. The molecule has 0 aromatic heterocycles. The maximum absolute atomic E-state index is 10.3. The molecule has 0 saturated heterocycles. The smallest absolute Gasteiger partial charge is 0.121 e. The van der Waals surface area contributed by atoms with E-state index in [1.807, 2.05) is 13.8 Å². The van der Waals surface area contributed by atoms with Crippen LogP contribution in [0.2, 0.25) is 0 Å². The molecule has 1 atom stereocenters. The highest BCUT2D eigenvalue weighted by Gasteiger charge is 2.43. The van der Waals surface area contributed by atoms with Crippen LogP contribution >= 0.6 is 0 Å². The van der Waals surface area contributed by atoms with E-state index in [0.717, 1.165) is 17.4 Å². The van der Waals surface area contributed by atoms with Gasteiger partial charge in [0.05, 0.1) is 14.1 Å². The van der Waals surface area contributed by atoms with E-state index in [9.17, 15) is 5.11 Å². The Morgan fingerprint density at radius 2 is 1.75 bits per heavy atom. The van der Waals surface area contributed by atoms with Crippen molar-refractivity contribution in [1.29, 1.82) is 0 Å². The molecule has 1 unspecified atom stereocenters. The van der Waals surface area contributed by atoms with Crippen molar-refractivity contribution in [3.05, 3.63) is 35.4 Å². The van der Waals surface area contributed by atoms with Gasteiger partial charge in [0.15, 0.2) is 0 Å². The average molecular weight is 220 g/mol. The van der Waals surface area contributed by atoms with Crippen molar-refractivity contribution in [2.45, 2.75) is 38.5 Å². The molecular formula is C14H22NO+. The number of fused-ring (bicyclic) bond motifs is 1. The first-order chi connectivity index (χ1) is 7.31. The summed E-state index contributed by atoms with van der Waals surface area (Å²) < 4.78 is 0.862. The lowest BCUT2D eigenvalue weighted by Crippen LogP contribution is -2.61. The van der Waals surface area contributed by atoms with Gasteiger partial charge in [0, 0.05) is 12.0 Å². The molecule has 0 amide bonds. The Morgan fingerprint density at radius 1 is 1.19 bits per heavy atom. The van der Waals surface area contributed by atoms with Crippen molar-refractivity contribution in [3.8, 4) is 0 Å². The highest BCUT2D eigenvalue weighted by molar-refractivity contribution is 5.29.